The fraction of sp³-hybridized carbons (Fsp3) is 0.857. The number of nitrogens with one attached hydrogen (secondary N) is 1. The second kappa shape index (κ2) is 7.47. The number of carbonyl (C=O) groups is 2. The number of carboxylic acids is 1. The van der Waals surface area contributed by atoms with Crippen molar-refractivity contribution in [2.75, 3.05) is 26.7 Å². The molecule has 1 rings (SSSR count). The summed E-state index contributed by atoms with van der Waals surface area (Å²) >= 11 is 0. The first-order chi connectivity index (χ1) is 9.36. The van der Waals surface area contributed by atoms with Gasteiger partial charge in [-0.05, 0) is 32.4 Å². The lowest BCUT2D eigenvalue weighted by Gasteiger charge is -2.32. The largest absolute Gasteiger partial charge is 0.480 e. The molecule has 6 heteroatoms. The minimum absolute atomic E-state index is 0.133. The van der Waals surface area contributed by atoms with Crippen LogP contribution >= 0.6 is 0 Å². The van der Waals surface area contributed by atoms with Gasteiger partial charge in [0.25, 0.3) is 0 Å². The van der Waals surface area contributed by atoms with Gasteiger partial charge in [-0.25, -0.2) is 9.59 Å². The molecule has 0 radical (unpaired) electrons. The highest BCUT2D eigenvalue weighted by Gasteiger charge is 2.30. The topological polar surface area (TPSA) is 72.9 Å². The number of urea groups is 1. The molecule has 1 aliphatic rings. The van der Waals surface area contributed by atoms with Crippen molar-refractivity contribution in [2.24, 2.45) is 5.92 Å². The Morgan fingerprint density at radius 1 is 1.35 bits per heavy atom. The van der Waals surface area contributed by atoms with Gasteiger partial charge in [-0.15, -0.1) is 0 Å². The smallest absolute Gasteiger partial charge is 0.326 e. The Hall–Kier alpha value is -1.30. The Morgan fingerprint density at radius 3 is 2.50 bits per heavy atom. The first kappa shape index (κ1) is 16.8. The van der Waals surface area contributed by atoms with Crippen molar-refractivity contribution < 1.29 is 14.7 Å². The van der Waals surface area contributed by atoms with Crippen LogP contribution in [0.25, 0.3) is 0 Å². The Morgan fingerprint density at radius 2 is 2.00 bits per heavy atom. The summed E-state index contributed by atoms with van der Waals surface area (Å²) < 4.78 is 0. The molecule has 0 aromatic carbocycles. The summed E-state index contributed by atoms with van der Waals surface area (Å²) in [5.41, 5.74) is 0. The molecule has 2 N–H and O–H groups in total. The average Bonchev–Trinajstić information content (AvgIpc) is 2.56. The van der Waals surface area contributed by atoms with Crippen molar-refractivity contribution in [3.63, 3.8) is 0 Å². The van der Waals surface area contributed by atoms with Crippen molar-refractivity contribution >= 4 is 12.0 Å². The normalized spacial score (nSPS) is 22.4. The average molecular weight is 285 g/mol. The number of aliphatic carboxylic acids is 1. The highest BCUT2D eigenvalue weighted by Crippen LogP contribution is 2.13. The summed E-state index contributed by atoms with van der Waals surface area (Å²) in [6, 6.07) is -0.946. The van der Waals surface area contributed by atoms with E-state index in [1.54, 1.807) is 18.7 Å². The SMILES string of the molecule is CCC1CN(C)CCCN1C(=O)N[C@@H](C(=O)O)C(C)C. The third-order valence-electron chi connectivity index (χ3n) is 3.85. The number of hydrogen-bond donors (Lipinski definition) is 2. The second-order valence-corrected chi connectivity index (χ2v) is 5.88. The molecule has 0 saturated carbocycles. The Kier molecular flexibility index (Phi) is 6.26. The van der Waals surface area contributed by atoms with E-state index in [1.165, 1.54) is 0 Å². The molecule has 1 aliphatic heterocycles. The van der Waals surface area contributed by atoms with E-state index in [0.29, 0.717) is 6.54 Å². The van der Waals surface area contributed by atoms with Crippen molar-refractivity contribution in [3.05, 3.63) is 0 Å². The quantitative estimate of drug-likeness (QED) is 0.814. The third-order valence-corrected chi connectivity index (χ3v) is 3.85. The van der Waals surface area contributed by atoms with E-state index in [1.807, 2.05) is 0 Å². The molecule has 0 bridgehead atoms. The summed E-state index contributed by atoms with van der Waals surface area (Å²) in [7, 11) is 2.05. The molecule has 20 heavy (non-hydrogen) atoms. The molecule has 2 amide bonds. The lowest BCUT2D eigenvalue weighted by atomic mass is 10.1. The summed E-state index contributed by atoms with van der Waals surface area (Å²) in [5, 5.41) is 11.8. The van der Waals surface area contributed by atoms with Gasteiger partial charge in [0.1, 0.15) is 6.04 Å². The maximum Gasteiger partial charge on any atom is 0.326 e. The van der Waals surface area contributed by atoms with Crippen LogP contribution < -0.4 is 5.32 Å². The fourth-order valence-corrected chi connectivity index (χ4v) is 2.59. The van der Waals surface area contributed by atoms with E-state index < -0.39 is 12.0 Å². The van der Waals surface area contributed by atoms with Crippen LogP contribution in [-0.4, -0.2) is 65.7 Å². The minimum atomic E-state index is -0.978. The fourth-order valence-electron chi connectivity index (χ4n) is 2.59. The summed E-state index contributed by atoms with van der Waals surface area (Å²) in [5.74, 6) is -1.11. The number of hydrogen-bond acceptors (Lipinski definition) is 3. The maximum atomic E-state index is 12.4. The van der Waals surface area contributed by atoms with Crippen molar-refractivity contribution in [2.45, 2.75) is 45.7 Å². The molecule has 0 aliphatic carbocycles. The zero-order chi connectivity index (χ0) is 15.3. The molecule has 1 saturated heterocycles. The van der Waals surface area contributed by atoms with Crippen LogP contribution in [0.15, 0.2) is 0 Å². The lowest BCUT2D eigenvalue weighted by Crippen LogP contribution is -2.53. The predicted octanol–water partition coefficient (Wildman–Crippen LogP) is 1.22. The van der Waals surface area contributed by atoms with Gasteiger partial charge < -0.3 is 20.2 Å². The zero-order valence-corrected chi connectivity index (χ0v) is 12.9. The van der Waals surface area contributed by atoms with Gasteiger partial charge >= 0.3 is 12.0 Å². The van der Waals surface area contributed by atoms with Crippen LogP contribution in [0.2, 0.25) is 0 Å². The van der Waals surface area contributed by atoms with E-state index in [0.717, 1.165) is 25.9 Å². The standard InChI is InChI=1S/C14H27N3O3/c1-5-11-9-16(4)7-6-8-17(11)14(20)15-12(10(2)3)13(18)19/h10-12H,5-9H2,1-4H3,(H,15,20)(H,18,19)/t11?,12-/m1/s1. The first-order valence-electron chi connectivity index (χ1n) is 7.35. The number of rotatable bonds is 4. The molecule has 1 fully saturated rings. The van der Waals surface area contributed by atoms with Crippen LogP contribution in [0.1, 0.15) is 33.6 Å². The van der Waals surface area contributed by atoms with Crippen molar-refractivity contribution in [3.8, 4) is 0 Å². The van der Waals surface area contributed by atoms with Gasteiger partial charge in [-0.3, -0.25) is 0 Å². The van der Waals surface area contributed by atoms with Crippen LogP contribution in [0, 0.1) is 5.92 Å². The van der Waals surface area contributed by atoms with Crippen LogP contribution in [-0.2, 0) is 4.79 Å². The molecular formula is C14H27N3O3. The van der Waals surface area contributed by atoms with Crippen LogP contribution in [0.3, 0.4) is 0 Å². The van der Waals surface area contributed by atoms with Crippen LogP contribution in [0.4, 0.5) is 4.79 Å². The lowest BCUT2D eigenvalue weighted by molar-refractivity contribution is -0.140. The molecule has 0 aromatic rings. The minimum Gasteiger partial charge on any atom is -0.480 e. The van der Waals surface area contributed by atoms with E-state index in [-0.39, 0.29) is 18.0 Å². The summed E-state index contributed by atoms with van der Waals surface area (Å²) in [6.07, 6.45) is 1.79. The van der Waals surface area contributed by atoms with Gasteiger partial charge in [0.15, 0.2) is 0 Å². The Bertz CT molecular complexity index is 347. The molecule has 0 spiro atoms. The third kappa shape index (κ3) is 4.37. The molecular weight excluding hydrogens is 258 g/mol. The molecule has 0 aromatic heterocycles. The number of amides is 2. The van der Waals surface area contributed by atoms with Gasteiger partial charge in [-0.1, -0.05) is 20.8 Å². The second-order valence-electron chi connectivity index (χ2n) is 5.88. The zero-order valence-electron chi connectivity index (χ0n) is 12.9. The molecule has 2 atom stereocenters. The van der Waals surface area contributed by atoms with E-state index in [9.17, 15) is 14.7 Å². The monoisotopic (exact) mass is 285 g/mol. The van der Waals surface area contributed by atoms with Crippen molar-refractivity contribution in [1.29, 1.82) is 0 Å². The van der Waals surface area contributed by atoms with E-state index >= 15 is 0 Å². The van der Waals surface area contributed by atoms with Gasteiger partial charge in [0.2, 0.25) is 0 Å². The Balaban J connectivity index is 2.75. The van der Waals surface area contributed by atoms with Gasteiger partial charge in [0.05, 0.1) is 0 Å². The Labute approximate surface area is 121 Å². The van der Waals surface area contributed by atoms with Crippen LogP contribution in [0.5, 0.6) is 0 Å². The molecule has 116 valence electrons. The molecule has 1 unspecified atom stereocenters. The summed E-state index contributed by atoms with van der Waals surface area (Å²) in [6.45, 7) is 8.13. The first-order valence-corrected chi connectivity index (χ1v) is 7.35. The number of likely N-dealkylation sites (N-methyl/N-ethyl adjacent to an activating group) is 1. The number of carbonyl (C=O) groups excluding carboxylic acids is 1. The summed E-state index contributed by atoms with van der Waals surface area (Å²) in [4.78, 5) is 27.6. The van der Waals surface area contributed by atoms with E-state index in [2.05, 4.69) is 24.2 Å². The molecule has 1 heterocycles. The van der Waals surface area contributed by atoms with Gasteiger partial charge in [-0.2, -0.15) is 0 Å². The predicted molar refractivity (Wildman–Crippen MR) is 77.7 cm³/mol. The number of nitrogens with zero attached hydrogens (tertiary/aromatic N) is 2. The highest BCUT2D eigenvalue weighted by molar-refractivity contribution is 5.83. The highest BCUT2D eigenvalue weighted by atomic mass is 16.4. The van der Waals surface area contributed by atoms with E-state index in [4.69, 9.17) is 0 Å². The molecule has 6 nitrogen and oxygen atoms in total. The van der Waals surface area contributed by atoms with Gasteiger partial charge in [0, 0.05) is 19.1 Å². The number of carboxylic acid groups (broad SMARTS) is 1. The van der Waals surface area contributed by atoms with Crippen molar-refractivity contribution in [1.82, 2.24) is 15.1 Å². The maximum absolute atomic E-state index is 12.4.